The van der Waals surface area contributed by atoms with Crippen LogP contribution in [-0.4, -0.2) is 9.67 Å². The molecular weight excluding hydrogens is 246 g/mol. The lowest BCUT2D eigenvalue weighted by Crippen LogP contribution is -2.17. The lowest BCUT2D eigenvalue weighted by atomic mass is 9.81. The molecule has 0 aromatic carbocycles. The molecule has 1 heterocycles. The molecule has 1 unspecified atom stereocenters. The highest BCUT2D eigenvalue weighted by Crippen LogP contribution is 2.34. The average Bonchev–Trinajstić information content (AvgIpc) is 2.76. The van der Waals surface area contributed by atoms with Gasteiger partial charge >= 0.3 is 0 Å². The summed E-state index contributed by atoms with van der Waals surface area (Å²) in [5, 5.41) is 10.1. The third-order valence-electron chi connectivity index (χ3n) is 5.60. The average molecular weight is 275 g/mol. The molecule has 0 aliphatic heterocycles. The van der Waals surface area contributed by atoms with Gasteiger partial charge in [0.05, 0.1) is 6.10 Å². The van der Waals surface area contributed by atoms with Crippen LogP contribution in [0.4, 0.5) is 0 Å². The molecule has 2 aliphatic carbocycles. The van der Waals surface area contributed by atoms with Gasteiger partial charge in [-0.05, 0) is 50.5 Å². The Morgan fingerprint density at radius 3 is 2.70 bits per heavy atom. The molecule has 0 amide bonds. The molecule has 0 spiro atoms. The van der Waals surface area contributed by atoms with Crippen molar-refractivity contribution < 1.29 is 5.11 Å². The van der Waals surface area contributed by atoms with Crippen LogP contribution in [0.3, 0.4) is 0 Å². The Morgan fingerprint density at radius 1 is 1.20 bits per heavy atom. The Kier molecular flexibility index (Phi) is 4.21. The first kappa shape index (κ1) is 14.2. The minimum atomic E-state index is -0.214. The summed E-state index contributed by atoms with van der Waals surface area (Å²) in [5.41, 5.74) is 3.98. The topological polar surface area (TPSA) is 25.2 Å². The fraction of sp³-hybridized carbons (Fsp3) is 0.778. The third-order valence-corrected chi connectivity index (χ3v) is 5.60. The first-order valence-electron chi connectivity index (χ1n) is 8.52. The lowest BCUT2D eigenvalue weighted by Gasteiger charge is -2.27. The lowest BCUT2D eigenvalue weighted by molar-refractivity contribution is 0.155. The molecular formula is C18H29NO. The minimum absolute atomic E-state index is 0.214. The standard InChI is InChI=1S/C18H29NO/c1-13-6-8-15(9-7-13)10-11-19-14(2)12-16-17(19)4-3-5-18(16)20/h12-13,15,18,20H,3-11H2,1-2H3. The fourth-order valence-corrected chi connectivity index (χ4v) is 4.18. The molecule has 1 atom stereocenters. The normalized spacial score (nSPS) is 30.2. The minimum Gasteiger partial charge on any atom is -0.388 e. The van der Waals surface area contributed by atoms with E-state index in [0.717, 1.165) is 37.6 Å². The highest BCUT2D eigenvalue weighted by Gasteiger charge is 2.24. The Bertz CT molecular complexity index is 454. The zero-order valence-corrected chi connectivity index (χ0v) is 13.1. The number of aliphatic hydroxyl groups excluding tert-OH is 1. The van der Waals surface area contributed by atoms with Crippen molar-refractivity contribution in [1.82, 2.24) is 4.57 Å². The molecule has 20 heavy (non-hydrogen) atoms. The molecule has 1 aromatic heterocycles. The highest BCUT2D eigenvalue weighted by molar-refractivity contribution is 5.31. The van der Waals surface area contributed by atoms with Crippen molar-refractivity contribution in [2.24, 2.45) is 11.8 Å². The van der Waals surface area contributed by atoms with Crippen molar-refractivity contribution in [1.29, 1.82) is 0 Å². The number of nitrogens with zero attached hydrogens (tertiary/aromatic N) is 1. The molecule has 2 nitrogen and oxygen atoms in total. The van der Waals surface area contributed by atoms with Gasteiger partial charge in [-0.2, -0.15) is 0 Å². The van der Waals surface area contributed by atoms with Gasteiger partial charge in [0, 0.05) is 23.5 Å². The van der Waals surface area contributed by atoms with Gasteiger partial charge in [0.25, 0.3) is 0 Å². The second-order valence-electron chi connectivity index (χ2n) is 7.16. The quantitative estimate of drug-likeness (QED) is 0.870. The molecule has 3 rings (SSSR count). The summed E-state index contributed by atoms with van der Waals surface area (Å²) in [7, 11) is 0. The Labute approximate surface area is 123 Å². The van der Waals surface area contributed by atoms with Crippen LogP contribution >= 0.6 is 0 Å². The van der Waals surface area contributed by atoms with Gasteiger partial charge in [0.2, 0.25) is 0 Å². The first-order chi connectivity index (χ1) is 9.65. The maximum absolute atomic E-state index is 10.1. The second kappa shape index (κ2) is 5.93. The zero-order chi connectivity index (χ0) is 14.1. The van der Waals surface area contributed by atoms with Gasteiger partial charge in [0.1, 0.15) is 0 Å². The maximum Gasteiger partial charge on any atom is 0.0807 e. The molecule has 112 valence electrons. The van der Waals surface area contributed by atoms with Gasteiger partial charge in [-0.15, -0.1) is 0 Å². The van der Waals surface area contributed by atoms with Crippen molar-refractivity contribution in [2.75, 3.05) is 0 Å². The molecule has 0 bridgehead atoms. The summed E-state index contributed by atoms with van der Waals surface area (Å²) in [5.74, 6) is 1.87. The second-order valence-corrected chi connectivity index (χ2v) is 7.16. The summed E-state index contributed by atoms with van der Waals surface area (Å²) >= 11 is 0. The Morgan fingerprint density at radius 2 is 1.95 bits per heavy atom. The van der Waals surface area contributed by atoms with Gasteiger partial charge in [-0.25, -0.2) is 0 Å². The number of hydrogen-bond donors (Lipinski definition) is 1. The van der Waals surface area contributed by atoms with E-state index in [1.807, 2.05) is 0 Å². The van der Waals surface area contributed by atoms with Crippen LogP contribution in [-0.2, 0) is 13.0 Å². The molecule has 0 radical (unpaired) electrons. The van der Waals surface area contributed by atoms with Crippen LogP contribution in [0, 0.1) is 18.8 Å². The Hall–Kier alpha value is -0.760. The van der Waals surface area contributed by atoms with E-state index in [-0.39, 0.29) is 6.10 Å². The number of fused-ring (bicyclic) bond motifs is 1. The predicted octanol–water partition coefficient (Wildman–Crippen LogP) is 4.38. The SMILES string of the molecule is Cc1cc2c(n1CCC1CCC(C)CC1)CCCC2O. The Balaban J connectivity index is 1.66. The van der Waals surface area contributed by atoms with E-state index in [2.05, 4.69) is 24.5 Å². The van der Waals surface area contributed by atoms with Crippen LogP contribution in [0.2, 0.25) is 0 Å². The molecule has 2 heteroatoms. The van der Waals surface area contributed by atoms with E-state index in [4.69, 9.17) is 0 Å². The third kappa shape index (κ3) is 2.81. The summed E-state index contributed by atoms with van der Waals surface area (Å²) in [4.78, 5) is 0. The fourth-order valence-electron chi connectivity index (χ4n) is 4.18. The van der Waals surface area contributed by atoms with Crippen molar-refractivity contribution in [3.8, 4) is 0 Å². The van der Waals surface area contributed by atoms with E-state index in [9.17, 15) is 5.11 Å². The first-order valence-corrected chi connectivity index (χ1v) is 8.52. The van der Waals surface area contributed by atoms with Crippen LogP contribution < -0.4 is 0 Å². The zero-order valence-electron chi connectivity index (χ0n) is 13.1. The summed E-state index contributed by atoms with van der Waals surface area (Å²) in [6, 6.07) is 2.22. The van der Waals surface area contributed by atoms with Crippen molar-refractivity contribution in [3.63, 3.8) is 0 Å². The van der Waals surface area contributed by atoms with Crippen molar-refractivity contribution in [2.45, 2.75) is 77.9 Å². The highest BCUT2D eigenvalue weighted by atomic mass is 16.3. The largest absolute Gasteiger partial charge is 0.388 e. The number of aromatic nitrogens is 1. The van der Waals surface area contributed by atoms with E-state index in [1.54, 1.807) is 0 Å². The van der Waals surface area contributed by atoms with Crippen LogP contribution in [0.1, 0.15) is 74.9 Å². The molecule has 1 fully saturated rings. The molecule has 1 saturated carbocycles. The van der Waals surface area contributed by atoms with Gasteiger partial charge < -0.3 is 9.67 Å². The number of aliphatic hydroxyl groups is 1. The van der Waals surface area contributed by atoms with E-state index >= 15 is 0 Å². The van der Waals surface area contributed by atoms with E-state index in [0.29, 0.717) is 0 Å². The molecule has 2 aliphatic rings. The van der Waals surface area contributed by atoms with Gasteiger partial charge in [-0.1, -0.05) is 32.6 Å². The number of aryl methyl sites for hydroxylation is 1. The summed E-state index contributed by atoms with van der Waals surface area (Å²) in [6.07, 6.45) is 10.0. The van der Waals surface area contributed by atoms with Gasteiger partial charge in [-0.3, -0.25) is 0 Å². The van der Waals surface area contributed by atoms with Crippen molar-refractivity contribution >= 4 is 0 Å². The summed E-state index contributed by atoms with van der Waals surface area (Å²) < 4.78 is 2.50. The summed E-state index contributed by atoms with van der Waals surface area (Å²) in [6.45, 7) is 5.75. The smallest absolute Gasteiger partial charge is 0.0807 e. The monoisotopic (exact) mass is 275 g/mol. The van der Waals surface area contributed by atoms with E-state index < -0.39 is 0 Å². The van der Waals surface area contributed by atoms with Crippen LogP contribution in [0.25, 0.3) is 0 Å². The van der Waals surface area contributed by atoms with Crippen LogP contribution in [0.5, 0.6) is 0 Å². The number of hydrogen-bond acceptors (Lipinski definition) is 1. The number of rotatable bonds is 3. The van der Waals surface area contributed by atoms with Crippen molar-refractivity contribution in [3.05, 3.63) is 23.0 Å². The molecule has 0 saturated heterocycles. The molecule has 1 aromatic rings. The van der Waals surface area contributed by atoms with Gasteiger partial charge in [0.15, 0.2) is 0 Å². The van der Waals surface area contributed by atoms with Crippen LogP contribution in [0.15, 0.2) is 6.07 Å². The maximum atomic E-state index is 10.1. The van der Waals surface area contributed by atoms with E-state index in [1.165, 1.54) is 49.1 Å². The predicted molar refractivity (Wildman–Crippen MR) is 82.8 cm³/mol. The molecule has 1 N–H and O–H groups in total.